The lowest BCUT2D eigenvalue weighted by atomic mass is 10.1. The van der Waals surface area contributed by atoms with Crippen molar-refractivity contribution < 1.29 is 23.8 Å². The van der Waals surface area contributed by atoms with E-state index in [1.165, 1.54) is 28.4 Å². The van der Waals surface area contributed by atoms with Crippen LogP contribution in [0, 0.1) is 5.82 Å². The zero-order chi connectivity index (χ0) is 18.7. The standard InChI is InChI=1S/C18H17ClFNO4S/c19-16-6-5-13(26-16)10-25-18(24)15-8-12(22)9-21(15)17(23)7-11-3-1-2-4-14(11)20/h1-6,12,15,22H,7-10H2. The summed E-state index contributed by atoms with van der Waals surface area (Å²) in [6.45, 7) is 0.0794. The number of β-amino-alcohol motifs (C(OH)–C–C–N with tert-alkyl or cyclic N) is 1. The maximum Gasteiger partial charge on any atom is 0.329 e. The number of halogens is 2. The Bertz CT molecular complexity index is 812. The Morgan fingerprint density at radius 3 is 2.77 bits per heavy atom. The third-order valence-electron chi connectivity index (χ3n) is 4.16. The molecule has 0 radical (unpaired) electrons. The van der Waals surface area contributed by atoms with E-state index >= 15 is 0 Å². The van der Waals surface area contributed by atoms with E-state index in [9.17, 15) is 19.1 Å². The first-order valence-corrected chi connectivity index (χ1v) is 9.25. The van der Waals surface area contributed by atoms with Crippen molar-refractivity contribution in [2.45, 2.75) is 31.6 Å². The maximum absolute atomic E-state index is 13.8. The molecule has 2 atom stereocenters. The fraction of sp³-hybridized carbons (Fsp3) is 0.333. The smallest absolute Gasteiger partial charge is 0.329 e. The second-order valence-electron chi connectivity index (χ2n) is 6.03. The lowest BCUT2D eigenvalue weighted by Crippen LogP contribution is -2.42. The average molecular weight is 398 g/mol. The summed E-state index contributed by atoms with van der Waals surface area (Å²) in [6.07, 6.45) is -0.884. The fourth-order valence-corrected chi connectivity index (χ4v) is 3.89. The zero-order valence-electron chi connectivity index (χ0n) is 13.7. The molecule has 1 saturated heterocycles. The average Bonchev–Trinajstić information content (AvgIpc) is 3.20. The van der Waals surface area contributed by atoms with Gasteiger partial charge in [-0.2, -0.15) is 0 Å². The van der Waals surface area contributed by atoms with Crippen LogP contribution in [0.1, 0.15) is 16.9 Å². The molecular weight excluding hydrogens is 381 g/mol. The molecule has 1 aliphatic rings. The lowest BCUT2D eigenvalue weighted by molar-refractivity contribution is -0.154. The molecule has 0 bridgehead atoms. The van der Waals surface area contributed by atoms with Crippen molar-refractivity contribution in [1.29, 1.82) is 0 Å². The Morgan fingerprint density at radius 2 is 2.08 bits per heavy atom. The second kappa shape index (κ2) is 8.16. The van der Waals surface area contributed by atoms with Crippen molar-refractivity contribution in [2.75, 3.05) is 6.54 Å². The fourth-order valence-electron chi connectivity index (χ4n) is 2.89. The number of thiophene rings is 1. The number of rotatable bonds is 5. The molecule has 0 aliphatic carbocycles. The number of aliphatic hydroxyl groups is 1. The van der Waals surface area contributed by atoms with E-state index in [2.05, 4.69) is 0 Å². The number of ether oxygens (including phenoxy) is 1. The molecule has 138 valence electrons. The van der Waals surface area contributed by atoms with Gasteiger partial charge in [0.1, 0.15) is 18.5 Å². The first-order valence-electron chi connectivity index (χ1n) is 8.06. The summed E-state index contributed by atoms with van der Waals surface area (Å²) in [4.78, 5) is 27.0. The Labute approximate surface area is 159 Å². The molecule has 5 nitrogen and oxygen atoms in total. The van der Waals surface area contributed by atoms with Crippen molar-refractivity contribution in [3.05, 3.63) is 57.0 Å². The topological polar surface area (TPSA) is 66.8 Å². The van der Waals surface area contributed by atoms with Crippen LogP contribution in [-0.2, 0) is 27.4 Å². The number of benzene rings is 1. The van der Waals surface area contributed by atoms with Gasteiger partial charge in [0, 0.05) is 17.8 Å². The molecule has 1 fully saturated rings. The molecule has 1 amide bonds. The van der Waals surface area contributed by atoms with Gasteiger partial charge in [-0.15, -0.1) is 11.3 Å². The van der Waals surface area contributed by atoms with Crippen LogP contribution in [0.2, 0.25) is 4.34 Å². The Hall–Kier alpha value is -1.96. The summed E-state index contributed by atoms with van der Waals surface area (Å²) in [5.74, 6) is -1.49. The minimum atomic E-state index is -0.875. The lowest BCUT2D eigenvalue weighted by Gasteiger charge is -2.23. The van der Waals surface area contributed by atoms with Crippen molar-refractivity contribution >= 4 is 34.8 Å². The molecule has 2 unspecified atom stereocenters. The third kappa shape index (κ3) is 4.41. The minimum Gasteiger partial charge on any atom is -0.458 e. The van der Waals surface area contributed by atoms with Crippen LogP contribution in [-0.4, -0.2) is 40.6 Å². The predicted molar refractivity (Wildman–Crippen MR) is 95.4 cm³/mol. The molecule has 2 aromatic rings. The van der Waals surface area contributed by atoms with Crippen LogP contribution in [0.25, 0.3) is 0 Å². The van der Waals surface area contributed by atoms with Gasteiger partial charge in [0.2, 0.25) is 5.91 Å². The number of amides is 1. The number of nitrogens with zero attached hydrogens (tertiary/aromatic N) is 1. The number of hydrogen-bond donors (Lipinski definition) is 1. The van der Waals surface area contributed by atoms with Gasteiger partial charge in [-0.05, 0) is 23.8 Å². The highest BCUT2D eigenvalue weighted by Crippen LogP contribution is 2.24. The van der Waals surface area contributed by atoms with E-state index in [1.54, 1.807) is 24.3 Å². The highest BCUT2D eigenvalue weighted by atomic mass is 35.5. The van der Waals surface area contributed by atoms with E-state index in [4.69, 9.17) is 16.3 Å². The highest BCUT2D eigenvalue weighted by Gasteiger charge is 2.39. The molecule has 0 spiro atoms. The van der Waals surface area contributed by atoms with Gasteiger partial charge >= 0.3 is 5.97 Å². The molecular formula is C18H17ClFNO4S. The summed E-state index contributed by atoms with van der Waals surface area (Å²) in [6, 6.07) is 8.57. The zero-order valence-corrected chi connectivity index (χ0v) is 15.3. The predicted octanol–water partition coefficient (Wildman–Crippen LogP) is 2.79. The summed E-state index contributed by atoms with van der Waals surface area (Å²) in [5, 5.41) is 9.89. The van der Waals surface area contributed by atoms with Gasteiger partial charge in [-0.1, -0.05) is 29.8 Å². The van der Waals surface area contributed by atoms with E-state index in [1.807, 2.05) is 0 Å². The van der Waals surface area contributed by atoms with Crippen molar-refractivity contribution in [3.63, 3.8) is 0 Å². The highest BCUT2D eigenvalue weighted by molar-refractivity contribution is 7.16. The first kappa shape index (κ1) is 18.8. The number of esters is 1. The SMILES string of the molecule is O=C(OCc1ccc(Cl)s1)C1CC(O)CN1C(=O)Cc1ccccc1F. The third-order valence-corrected chi connectivity index (χ3v) is 5.36. The van der Waals surface area contributed by atoms with E-state index in [0.29, 0.717) is 4.34 Å². The van der Waals surface area contributed by atoms with Gasteiger partial charge in [-0.25, -0.2) is 9.18 Å². The van der Waals surface area contributed by atoms with Crippen LogP contribution >= 0.6 is 22.9 Å². The van der Waals surface area contributed by atoms with Crippen molar-refractivity contribution in [1.82, 2.24) is 4.90 Å². The number of likely N-dealkylation sites (tertiary alicyclic amines) is 1. The number of aliphatic hydroxyl groups excluding tert-OH is 1. The molecule has 1 aromatic carbocycles. The van der Waals surface area contributed by atoms with E-state index in [-0.39, 0.29) is 31.6 Å². The molecule has 8 heteroatoms. The largest absolute Gasteiger partial charge is 0.458 e. The number of carbonyl (C=O) groups excluding carboxylic acids is 2. The number of carbonyl (C=O) groups is 2. The monoisotopic (exact) mass is 397 g/mol. The number of hydrogen-bond acceptors (Lipinski definition) is 5. The van der Waals surface area contributed by atoms with Gasteiger partial charge < -0.3 is 14.7 Å². The normalized spacial score (nSPS) is 19.6. The summed E-state index contributed by atoms with van der Waals surface area (Å²) < 4.78 is 19.6. The Kier molecular flexibility index (Phi) is 5.90. The van der Waals surface area contributed by atoms with Crippen molar-refractivity contribution in [3.8, 4) is 0 Å². The Balaban J connectivity index is 1.64. The van der Waals surface area contributed by atoms with Gasteiger partial charge in [0.15, 0.2) is 0 Å². The van der Waals surface area contributed by atoms with Crippen LogP contribution in [0.5, 0.6) is 0 Å². The van der Waals surface area contributed by atoms with Crippen LogP contribution < -0.4 is 0 Å². The summed E-state index contributed by atoms with van der Waals surface area (Å²) in [7, 11) is 0. The first-order chi connectivity index (χ1) is 12.4. The summed E-state index contributed by atoms with van der Waals surface area (Å²) >= 11 is 7.14. The maximum atomic E-state index is 13.8. The quantitative estimate of drug-likeness (QED) is 0.788. The molecule has 2 heterocycles. The molecule has 26 heavy (non-hydrogen) atoms. The molecule has 3 rings (SSSR count). The van der Waals surface area contributed by atoms with Crippen LogP contribution in [0.15, 0.2) is 36.4 Å². The minimum absolute atomic E-state index is 0.0257. The van der Waals surface area contributed by atoms with Crippen molar-refractivity contribution in [2.24, 2.45) is 0 Å². The van der Waals surface area contributed by atoms with Gasteiger partial charge in [0.05, 0.1) is 16.9 Å². The van der Waals surface area contributed by atoms with E-state index in [0.717, 1.165) is 4.88 Å². The molecule has 1 N–H and O–H groups in total. The van der Waals surface area contributed by atoms with Crippen LogP contribution in [0.4, 0.5) is 4.39 Å². The molecule has 0 saturated carbocycles. The second-order valence-corrected chi connectivity index (χ2v) is 7.83. The van der Waals surface area contributed by atoms with Gasteiger partial charge in [0.25, 0.3) is 0 Å². The van der Waals surface area contributed by atoms with Crippen LogP contribution in [0.3, 0.4) is 0 Å². The molecule has 1 aliphatic heterocycles. The molecule has 1 aromatic heterocycles. The summed E-state index contributed by atoms with van der Waals surface area (Å²) in [5.41, 5.74) is 0.249. The Morgan fingerprint density at radius 1 is 1.31 bits per heavy atom. The van der Waals surface area contributed by atoms with E-state index < -0.39 is 29.8 Å². The van der Waals surface area contributed by atoms with Gasteiger partial charge in [-0.3, -0.25) is 4.79 Å².